The third-order valence-corrected chi connectivity index (χ3v) is 2.67. The van der Waals surface area contributed by atoms with E-state index in [0.717, 1.165) is 9.84 Å². The van der Waals surface area contributed by atoms with Crippen molar-refractivity contribution in [1.82, 2.24) is 0 Å². The molecule has 0 aromatic heterocycles. The Hall–Kier alpha value is 0.470. The molecule has 2 unspecified atom stereocenters. The van der Waals surface area contributed by atoms with Gasteiger partial charge in [0.2, 0.25) is 0 Å². The third-order valence-electron chi connectivity index (χ3n) is 1.17. The summed E-state index contributed by atoms with van der Waals surface area (Å²) in [6.07, 6.45) is 2.32. The lowest BCUT2D eigenvalue weighted by molar-refractivity contribution is 1.27. The molecule has 0 N–H and O–H groups in total. The number of halogens is 1. The number of allylic oxidation sites excluding steroid dienone is 2. The molecule has 2 rings (SSSR count). The molecule has 2 aliphatic rings. The zero-order valence-corrected chi connectivity index (χ0v) is 4.77. The summed E-state index contributed by atoms with van der Waals surface area (Å²) < 4.78 is 0.979. The van der Waals surface area contributed by atoms with Crippen molar-refractivity contribution in [2.45, 2.75) is 3.92 Å². The fraction of sp³-hybridized carbons (Fsp3) is 0.500. The lowest BCUT2D eigenvalue weighted by atomic mass is 10.6. The first-order valence-corrected chi connectivity index (χ1v) is 3.00. The molecule has 0 nitrogen and oxygen atoms in total. The molecular weight excluding hydrogens is 175 g/mol. The Kier molecular flexibility index (Phi) is 0.256. The van der Waals surface area contributed by atoms with Crippen molar-refractivity contribution in [3.05, 3.63) is 11.6 Å². The van der Waals surface area contributed by atoms with Gasteiger partial charge in [0, 0.05) is 9.84 Å². The molecule has 0 saturated heterocycles. The Bertz CT molecular complexity index is 104. The van der Waals surface area contributed by atoms with Gasteiger partial charge in [0.25, 0.3) is 0 Å². The molecule has 1 fully saturated rings. The van der Waals surface area contributed by atoms with Crippen molar-refractivity contribution in [3.8, 4) is 0 Å². The standard InChI is InChI=1S/C4H3I/c5-4-2-1-3(2)4/h1-2,4H. The lowest BCUT2D eigenvalue weighted by Gasteiger charge is -1.70. The van der Waals surface area contributed by atoms with Gasteiger partial charge in [-0.1, -0.05) is 34.2 Å². The number of hydrogen-bond donors (Lipinski definition) is 0. The zero-order chi connectivity index (χ0) is 3.44. The van der Waals surface area contributed by atoms with Crippen molar-refractivity contribution in [3.63, 3.8) is 0 Å². The summed E-state index contributed by atoms with van der Waals surface area (Å²) in [6, 6.07) is 0. The average Bonchev–Trinajstić information content (AvgIpc) is 2.11. The van der Waals surface area contributed by atoms with Crippen LogP contribution in [0.3, 0.4) is 0 Å². The Balaban J connectivity index is 2.42. The monoisotopic (exact) mass is 178 g/mol. The van der Waals surface area contributed by atoms with E-state index < -0.39 is 0 Å². The highest BCUT2D eigenvalue weighted by molar-refractivity contribution is 14.1. The molecule has 1 heteroatoms. The van der Waals surface area contributed by atoms with E-state index in [1.807, 2.05) is 0 Å². The normalized spacial score (nSPS) is 54.2. The predicted molar refractivity (Wildman–Crippen MR) is 29.4 cm³/mol. The molecule has 0 aromatic carbocycles. The maximum Gasteiger partial charge on any atom is 0.0425 e. The summed E-state index contributed by atoms with van der Waals surface area (Å²) in [7, 11) is 0. The molecule has 0 amide bonds. The van der Waals surface area contributed by atoms with E-state index in [-0.39, 0.29) is 0 Å². The van der Waals surface area contributed by atoms with Gasteiger partial charge in [-0.15, -0.1) is 0 Å². The van der Waals surface area contributed by atoms with E-state index >= 15 is 0 Å². The molecule has 26 valence electrons. The van der Waals surface area contributed by atoms with Gasteiger partial charge in [0.05, 0.1) is 0 Å². The van der Waals surface area contributed by atoms with E-state index in [1.165, 1.54) is 0 Å². The highest BCUT2D eigenvalue weighted by Crippen LogP contribution is 2.59. The molecule has 0 aromatic rings. The molecular formula is C4H3I. The van der Waals surface area contributed by atoms with Crippen molar-refractivity contribution in [2.24, 2.45) is 5.92 Å². The largest absolute Gasteiger partial charge is 0.0768 e. The SMILES string of the molecule is IC1C2=CC21. The second-order valence-electron chi connectivity index (χ2n) is 1.59. The summed E-state index contributed by atoms with van der Waals surface area (Å²) in [5.74, 6) is 0.996. The number of rotatable bonds is 0. The minimum Gasteiger partial charge on any atom is -0.0768 e. The third kappa shape index (κ3) is 0.175. The second kappa shape index (κ2) is 0.491. The Labute approximate surface area is 44.4 Å². The van der Waals surface area contributed by atoms with Crippen molar-refractivity contribution in [1.29, 1.82) is 0 Å². The summed E-state index contributed by atoms with van der Waals surface area (Å²) in [4.78, 5) is 0. The zero-order valence-electron chi connectivity index (χ0n) is 2.61. The van der Waals surface area contributed by atoms with Crippen LogP contribution in [0.25, 0.3) is 0 Å². The second-order valence-corrected chi connectivity index (χ2v) is 2.94. The summed E-state index contributed by atoms with van der Waals surface area (Å²) in [6.45, 7) is 0. The van der Waals surface area contributed by atoms with Crippen LogP contribution in [0.1, 0.15) is 0 Å². The fourth-order valence-electron chi connectivity index (χ4n) is 0.485. The van der Waals surface area contributed by atoms with Crippen LogP contribution in [0.5, 0.6) is 0 Å². The topological polar surface area (TPSA) is 0 Å². The fourth-order valence-corrected chi connectivity index (χ4v) is 1.52. The van der Waals surface area contributed by atoms with Crippen LogP contribution in [0.4, 0.5) is 0 Å². The minimum absolute atomic E-state index is 0.979. The number of hydrogen-bond acceptors (Lipinski definition) is 0. The number of fused-ring (bicyclic) bond motifs is 1. The maximum atomic E-state index is 2.46. The van der Waals surface area contributed by atoms with Crippen molar-refractivity contribution >= 4 is 22.6 Å². The van der Waals surface area contributed by atoms with Gasteiger partial charge in [-0.05, 0) is 0 Å². The van der Waals surface area contributed by atoms with Gasteiger partial charge < -0.3 is 0 Å². The number of alkyl halides is 1. The highest BCUT2D eigenvalue weighted by atomic mass is 127. The van der Waals surface area contributed by atoms with Gasteiger partial charge in [0.15, 0.2) is 0 Å². The Morgan fingerprint density at radius 1 is 1.80 bits per heavy atom. The van der Waals surface area contributed by atoms with Crippen LogP contribution in [-0.4, -0.2) is 3.92 Å². The molecule has 2 atom stereocenters. The molecule has 1 saturated carbocycles. The van der Waals surface area contributed by atoms with Gasteiger partial charge >= 0.3 is 0 Å². The predicted octanol–water partition coefficient (Wildman–Crippen LogP) is 1.36. The molecule has 0 aliphatic heterocycles. The van der Waals surface area contributed by atoms with E-state index in [4.69, 9.17) is 0 Å². The van der Waals surface area contributed by atoms with Crippen LogP contribution >= 0.6 is 22.6 Å². The van der Waals surface area contributed by atoms with Gasteiger partial charge in [0.1, 0.15) is 0 Å². The van der Waals surface area contributed by atoms with E-state index in [1.54, 1.807) is 5.57 Å². The Morgan fingerprint density at radius 2 is 2.20 bits per heavy atom. The first kappa shape index (κ1) is 2.61. The Morgan fingerprint density at radius 3 is 2.20 bits per heavy atom. The molecule has 0 bridgehead atoms. The van der Waals surface area contributed by atoms with Crippen molar-refractivity contribution < 1.29 is 0 Å². The quantitative estimate of drug-likeness (QED) is 0.298. The molecule has 0 radical (unpaired) electrons. The summed E-state index contributed by atoms with van der Waals surface area (Å²) >= 11 is 2.46. The first-order valence-electron chi connectivity index (χ1n) is 1.75. The van der Waals surface area contributed by atoms with Crippen LogP contribution in [-0.2, 0) is 0 Å². The van der Waals surface area contributed by atoms with Crippen LogP contribution in [0.15, 0.2) is 11.6 Å². The molecule has 5 heavy (non-hydrogen) atoms. The van der Waals surface area contributed by atoms with Gasteiger partial charge in [-0.2, -0.15) is 0 Å². The van der Waals surface area contributed by atoms with Crippen molar-refractivity contribution in [2.75, 3.05) is 0 Å². The molecule has 2 aliphatic carbocycles. The van der Waals surface area contributed by atoms with Crippen LogP contribution in [0.2, 0.25) is 0 Å². The van der Waals surface area contributed by atoms with Crippen LogP contribution in [0, 0.1) is 5.92 Å². The average molecular weight is 178 g/mol. The van der Waals surface area contributed by atoms with Gasteiger partial charge in [-0.3, -0.25) is 0 Å². The molecule has 0 heterocycles. The molecule has 0 spiro atoms. The maximum absolute atomic E-state index is 2.46. The van der Waals surface area contributed by atoms with Gasteiger partial charge in [-0.25, -0.2) is 0 Å². The van der Waals surface area contributed by atoms with E-state index in [2.05, 4.69) is 28.7 Å². The highest BCUT2D eigenvalue weighted by Gasteiger charge is 2.51. The summed E-state index contributed by atoms with van der Waals surface area (Å²) in [5, 5.41) is 0. The van der Waals surface area contributed by atoms with E-state index in [9.17, 15) is 0 Å². The summed E-state index contributed by atoms with van der Waals surface area (Å²) in [5.41, 5.74) is 1.70. The van der Waals surface area contributed by atoms with E-state index in [0.29, 0.717) is 0 Å². The lowest BCUT2D eigenvalue weighted by Crippen LogP contribution is -1.66. The first-order chi connectivity index (χ1) is 2.39. The van der Waals surface area contributed by atoms with Crippen LogP contribution < -0.4 is 0 Å². The minimum atomic E-state index is 0.979. The smallest absolute Gasteiger partial charge is 0.0425 e.